The van der Waals surface area contributed by atoms with Crippen LogP contribution in [0.25, 0.3) is 0 Å². The van der Waals surface area contributed by atoms with Crippen molar-refractivity contribution in [3.05, 3.63) is 34.3 Å². The van der Waals surface area contributed by atoms with E-state index in [1.165, 1.54) is 5.56 Å². The normalized spacial score (nSPS) is 15.0. The zero-order chi connectivity index (χ0) is 17.5. The number of carbonyl (C=O) groups is 2. The summed E-state index contributed by atoms with van der Waals surface area (Å²) in [6.45, 7) is 6.52. The molecule has 1 aromatic rings. The Hall–Kier alpha value is -1.36. The third-order valence-corrected chi connectivity index (χ3v) is 4.99. The summed E-state index contributed by atoms with van der Waals surface area (Å²) in [4.78, 5) is 28.0. The van der Waals surface area contributed by atoms with Gasteiger partial charge < -0.3 is 9.80 Å². The van der Waals surface area contributed by atoms with Gasteiger partial charge in [0.1, 0.15) is 0 Å². The van der Waals surface area contributed by atoms with E-state index in [0.717, 1.165) is 23.7 Å². The summed E-state index contributed by atoms with van der Waals surface area (Å²) in [7, 11) is 0. The molecule has 0 radical (unpaired) electrons. The Labute approximate surface area is 153 Å². The molecule has 0 unspecified atom stereocenters. The molecule has 1 aliphatic heterocycles. The second-order valence-electron chi connectivity index (χ2n) is 6.69. The lowest BCUT2D eigenvalue weighted by atomic mass is 10.1. The van der Waals surface area contributed by atoms with Crippen molar-refractivity contribution in [2.45, 2.75) is 39.5 Å². The molecule has 2 rings (SSSR count). The van der Waals surface area contributed by atoms with Crippen LogP contribution >= 0.6 is 15.9 Å². The highest BCUT2D eigenvalue weighted by Crippen LogP contribution is 2.14. The Kier molecular flexibility index (Phi) is 7.28. The fourth-order valence-electron chi connectivity index (χ4n) is 2.96. The molecule has 132 valence electrons. The quantitative estimate of drug-likeness (QED) is 0.692. The first kappa shape index (κ1) is 19.0. The molecule has 0 bridgehead atoms. The third kappa shape index (κ3) is 5.62. The summed E-state index contributed by atoms with van der Waals surface area (Å²) in [5, 5.41) is 0. The Balaban J connectivity index is 1.65. The van der Waals surface area contributed by atoms with Crippen molar-refractivity contribution in [1.29, 1.82) is 0 Å². The van der Waals surface area contributed by atoms with Gasteiger partial charge in [-0.1, -0.05) is 41.9 Å². The number of halogens is 1. The van der Waals surface area contributed by atoms with Crippen molar-refractivity contribution in [3.63, 3.8) is 0 Å². The smallest absolute Gasteiger partial charge is 0.225 e. The fraction of sp³-hybridized carbons (Fsp3) is 0.579. The number of aryl methyl sites for hydroxylation is 1. The van der Waals surface area contributed by atoms with E-state index in [0.29, 0.717) is 32.6 Å². The van der Waals surface area contributed by atoms with Gasteiger partial charge in [-0.05, 0) is 37.0 Å². The van der Waals surface area contributed by atoms with Gasteiger partial charge >= 0.3 is 0 Å². The standard InChI is InChI=1S/C19H27BrN2O2/c1-15(2)19(24)22-13-11-21(12-14-22)18(23)6-4-3-5-16-7-9-17(20)10-8-16/h7-10,15H,3-6,11-14H2,1-2H3. The second kappa shape index (κ2) is 9.21. The summed E-state index contributed by atoms with van der Waals surface area (Å²) in [6, 6.07) is 8.35. The van der Waals surface area contributed by atoms with Crippen molar-refractivity contribution in [3.8, 4) is 0 Å². The lowest BCUT2D eigenvalue weighted by Gasteiger charge is -2.35. The van der Waals surface area contributed by atoms with Gasteiger partial charge in [0.15, 0.2) is 0 Å². The van der Waals surface area contributed by atoms with Crippen LogP contribution in [0, 0.1) is 5.92 Å². The SMILES string of the molecule is CC(C)C(=O)N1CCN(C(=O)CCCCc2ccc(Br)cc2)CC1. The van der Waals surface area contributed by atoms with Gasteiger partial charge in [-0.3, -0.25) is 9.59 Å². The zero-order valence-electron chi connectivity index (χ0n) is 14.6. The lowest BCUT2D eigenvalue weighted by Crippen LogP contribution is -2.51. The maximum atomic E-state index is 12.3. The fourth-order valence-corrected chi connectivity index (χ4v) is 3.22. The Morgan fingerprint density at radius 1 is 1.00 bits per heavy atom. The van der Waals surface area contributed by atoms with Crippen molar-refractivity contribution in [1.82, 2.24) is 9.80 Å². The van der Waals surface area contributed by atoms with Gasteiger partial charge in [-0.25, -0.2) is 0 Å². The first-order valence-electron chi connectivity index (χ1n) is 8.78. The highest BCUT2D eigenvalue weighted by molar-refractivity contribution is 9.10. The van der Waals surface area contributed by atoms with E-state index in [-0.39, 0.29) is 17.7 Å². The van der Waals surface area contributed by atoms with E-state index >= 15 is 0 Å². The van der Waals surface area contributed by atoms with Crippen LogP contribution in [0.5, 0.6) is 0 Å². The molecular formula is C19H27BrN2O2. The van der Waals surface area contributed by atoms with Crippen LogP contribution in [-0.2, 0) is 16.0 Å². The van der Waals surface area contributed by atoms with Crippen LogP contribution < -0.4 is 0 Å². The average Bonchev–Trinajstić information content (AvgIpc) is 2.59. The summed E-state index contributed by atoms with van der Waals surface area (Å²) in [6.07, 6.45) is 3.56. The number of hydrogen-bond acceptors (Lipinski definition) is 2. The molecule has 0 spiro atoms. The first-order chi connectivity index (χ1) is 11.5. The Morgan fingerprint density at radius 2 is 1.58 bits per heavy atom. The van der Waals surface area contributed by atoms with Crippen LogP contribution in [0.1, 0.15) is 38.7 Å². The molecule has 0 atom stereocenters. The topological polar surface area (TPSA) is 40.6 Å². The van der Waals surface area contributed by atoms with Crippen LogP contribution in [-0.4, -0.2) is 47.8 Å². The molecular weight excluding hydrogens is 368 g/mol. The van der Waals surface area contributed by atoms with Crippen LogP contribution in [0.15, 0.2) is 28.7 Å². The van der Waals surface area contributed by atoms with Crippen LogP contribution in [0.2, 0.25) is 0 Å². The number of piperazine rings is 1. The first-order valence-corrected chi connectivity index (χ1v) is 9.57. The van der Waals surface area contributed by atoms with Gasteiger partial charge in [-0.15, -0.1) is 0 Å². The molecule has 4 nitrogen and oxygen atoms in total. The van der Waals surface area contributed by atoms with Crippen molar-refractivity contribution < 1.29 is 9.59 Å². The summed E-state index contributed by atoms with van der Waals surface area (Å²) >= 11 is 3.44. The van der Waals surface area contributed by atoms with Gasteiger partial charge in [0.25, 0.3) is 0 Å². The number of hydrogen-bond donors (Lipinski definition) is 0. The molecule has 5 heteroatoms. The molecule has 2 amide bonds. The minimum Gasteiger partial charge on any atom is -0.339 e. The summed E-state index contributed by atoms with van der Waals surface area (Å²) in [5.74, 6) is 0.449. The summed E-state index contributed by atoms with van der Waals surface area (Å²) in [5.41, 5.74) is 1.31. The van der Waals surface area contributed by atoms with Crippen molar-refractivity contribution in [2.24, 2.45) is 5.92 Å². The Morgan fingerprint density at radius 3 is 2.17 bits per heavy atom. The highest BCUT2D eigenvalue weighted by atomic mass is 79.9. The predicted octanol–water partition coefficient (Wildman–Crippen LogP) is 3.49. The Bertz CT molecular complexity index is 549. The highest BCUT2D eigenvalue weighted by Gasteiger charge is 2.24. The predicted molar refractivity (Wildman–Crippen MR) is 99.7 cm³/mol. The molecule has 0 saturated carbocycles. The number of nitrogens with zero attached hydrogens (tertiary/aromatic N) is 2. The molecule has 1 aromatic carbocycles. The maximum absolute atomic E-state index is 12.3. The largest absolute Gasteiger partial charge is 0.339 e. The average molecular weight is 395 g/mol. The lowest BCUT2D eigenvalue weighted by molar-refractivity contribution is -0.141. The molecule has 24 heavy (non-hydrogen) atoms. The number of benzene rings is 1. The van der Waals surface area contributed by atoms with E-state index < -0.39 is 0 Å². The molecule has 1 saturated heterocycles. The number of amides is 2. The van der Waals surface area contributed by atoms with E-state index in [9.17, 15) is 9.59 Å². The summed E-state index contributed by atoms with van der Waals surface area (Å²) < 4.78 is 1.09. The molecule has 1 fully saturated rings. The van der Waals surface area contributed by atoms with Gasteiger partial charge in [0.2, 0.25) is 11.8 Å². The van der Waals surface area contributed by atoms with E-state index in [1.54, 1.807) is 0 Å². The van der Waals surface area contributed by atoms with Gasteiger partial charge in [-0.2, -0.15) is 0 Å². The van der Waals surface area contributed by atoms with E-state index in [2.05, 4.69) is 40.2 Å². The van der Waals surface area contributed by atoms with Crippen LogP contribution in [0.3, 0.4) is 0 Å². The molecule has 1 heterocycles. The third-order valence-electron chi connectivity index (χ3n) is 4.46. The van der Waals surface area contributed by atoms with Crippen LogP contribution in [0.4, 0.5) is 0 Å². The van der Waals surface area contributed by atoms with Gasteiger partial charge in [0.05, 0.1) is 0 Å². The monoisotopic (exact) mass is 394 g/mol. The number of unbranched alkanes of at least 4 members (excludes halogenated alkanes) is 1. The van der Waals surface area contributed by atoms with Crippen molar-refractivity contribution >= 4 is 27.7 Å². The second-order valence-corrected chi connectivity index (χ2v) is 7.61. The minimum atomic E-state index is 0.0332. The molecule has 0 N–H and O–H groups in total. The van der Waals surface area contributed by atoms with E-state index in [1.807, 2.05) is 23.6 Å². The molecule has 1 aliphatic rings. The molecule has 0 aromatic heterocycles. The minimum absolute atomic E-state index is 0.0332. The van der Waals surface area contributed by atoms with E-state index in [4.69, 9.17) is 0 Å². The zero-order valence-corrected chi connectivity index (χ0v) is 16.2. The maximum Gasteiger partial charge on any atom is 0.225 e. The molecule has 0 aliphatic carbocycles. The number of carbonyl (C=O) groups excluding carboxylic acids is 2. The van der Waals surface area contributed by atoms with Gasteiger partial charge in [0, 0.05) is 43.0 Å². The van der Waals surface area contributed by atoms with Crippen molar-refractivity contribution in [2.75, 3.05) is 26.2 Å². The number of rotatable bonds is 6.